The van der Waals surface area contributed by atoms with Crippen LogP contribution in [0.2, 0.25) is 0 Å². The van der Waals surface area contributed by atoms with Gasteiger partial charge in [-0.2, -0.15) is 0 Å². The lowest BCUT2D eigenvalue weighted by Gasteiger charge is -2.37. The monoisotopic (exact) mass is 465 g/mol. The Labute approximate surface area is 191 Å². The highest BCUT2D eigenvalue weighted by atomic mass is 19.1. The van der Waals surface area contributed by atoms with Crippen LogP contribution in [-0.4, -0.2) is 60.3 Å². The first-order valence-electron chi connectivity index (χ1n) is 11.0. The van der Waals surface area contributed by atoms with Crippen molar-refractivity contribution in [1.82, 2.24) is 15.1 Å². The van der Waals surface area contributed by atoms with E-state index in [0.717, 1.165) is 32.0 Å². The van der Waals surface area contributed by atoms with Crippen LogP contribution in [0.4, 0.5) is 18.0 Å². The molecule has 0 saturated carbocycles. The lowest BCUT2D eigenvalue weighted by atomic mass is 10.0. The molecule has 2 aromatic carbocycles. The van der Waals surface area contributed by atoms with Crippen LogP contribution >= 0.6 is 0 Å². The number of urea groups is 1. The molecule has 1 aliphatic rings. The Morgan fingerprint density at radius 2 is 1.82 bits per heavy atom. The fraction of sp³-hybridized carbons (Fsp3) is 0.458. The van der Waals surface area contributed by atoms with Crippen molar-refractivity contribution in [3.8, 4) is 0 Å². The molecule has 1 fully saturated rings. The van der Waals surface area contributed by atoms with Crippen molar-refractivity contribution < 1.29 is 27.8 Å². The molecule has 33 heavy (non-hydrogen) atoms. The van der Waals surface area contributed by atoms with Gasteiger partial charge in [0.1, 0.15) is 17.5 Å². The minimum atomic E-state index is -0.693. The zero-order valence-corrected chi connectivity index (χ0v) is 18.7. The molecule has 0 spiro atoms. The lowest BCUT2D eigenvalue weighted by molar-refractivity contribution is 0.0799. The molecule has 2 N–H and O–H groups in total. The average molecular weight is 466 g/mol. The highest BCUT2D eigenvalue weighted by Crippen LogP contribution is 2.21. The number of aliphatic hydroxyl groups excluding tert-OH is 1. The van der Waals surface area contributed by atoms with Crippen molar-refractivity contribution in [3.63, 3.8) is 0 Å². The molecule has 3 rings (SSSR count). The fourth-order valence-electron chi connectivity index (χ4n) is 3.85. The third-order valence-corrected chi connectivity index (χ3v) is 5.80. The van der Waals surface area contributed by atoms with Gasteiger partial charge >= 0.3 is 6.03 Å². The van der Waals surface area contributed by atoms with E-state index in [4.69, 9.17) is 9.84 Å². The number of piperidine rings is 1. The number of likely N-dealkylation sites (tertiary alicyclic amines) is 1. The topological polar surface area (TPSA) is 65.0 Å². The molecule has 180 valence electrons. The van der Waals surface area contributed by atoms with E-state index in [0.29, 0.717) is 11.1 Å². The number of nitrogens with one attached hydrogen (secondary N) is 1. The van der Waals surface area contributed by atoms with Crippen molar-refractivity contribution in [2.75, 3.05) is 33.4 Å². The van der Waals surface area contributed by atoms with E-state index in [2.05, 4.69) is 10.2 Å². The molecule has 9 heteroatoms. The van der Waals surface area contributed by atoms with Crippen LogP contribution in [0.3, 0.4) is 0 Å². The third kappa shape index (κ3) is 7.18. The minimum Gasteiger partial charge on any atom is -0.394 e. The first kappa shape index (κ1) is 25.0. The first-order chi connectivity index (χ1) is 15.9. The highest BCUT2D eigenvalue weighted by Gasteiger charge is 2.28. The van der Waals surface area contributed by atoms with Gasteiger partial charge in [0, 0.05) is 29.8 Å². The molecule has 1 aliphatic heterocycles. The molecular weight excluding hydrogens is 435 g/mol. The number of benzene rings is 2. The van der Waals surface area contributed by atoms with Crippen LogP contribution in [0.15, 0.2) is 36.4 Å². The van der Waals surface area contributed by atoms with Crippen molar-refractivity contribution in [2.45, 2.75) is 38.6 Å². The molecule has 2 amide bonds. The number of rotatable bonds is 9. The first-order valence-corrected chi connectivity index (χ1v) is 11.0. The predicted molar refractivity (Wildman–Crippen MR) is 118 cm³/mol. The molecule has 0 aliphatic carbocycles. The summed E-state index contributed by atoms with van der Waals surface area (Å²) < 4.78 is 47.0. The van der Waals surface area contributed by atoms with E-state index in [1.807, 2.05) is 7.05 Å². The number of hydrogen-bond donors (Lipinski definition) is 2. The molecule has 0 aromatic heterocycles. The van der Waals surface area contributed by atoms with E-state index < -0.39 is 17.5 Å². The van der Waals surface area contributed by atoms with Gasteiger partial charge < -0.3 is 25.0 Å². The zero-order chi connectivity index (χ0) is 23.8. The van der Waals surface area contributed by atoms with Crippen LogP contribution in [-0.2, 0) is 24.4 Å². The van der Waals surface area contributed by atoms with Gasteiger partial charge in [-0.15, -0.1) is 0 Å². The molecule has 1 heterocycles. The predicted octanol–water partition coefficient (Wildman–Crippen LogP) is 3.42. The summed E-state index contributed by atoms with van der Waals surface area (Å²) in [4.78, 5) is 16.8. The van der Waals surface area contributed by atoms with Crippen LogP contribution in [0.5, 0.6) is 0 Å². The van der Waals surface area contributed by atoms with Crippen LogP contribution in [0.25, 0.3) is 0 Å². The molecule has 2 aromatic rings. The third-order valence-electron chi connectivity index (χ3n) is 5.80. The summed E-state index contributed by atoms with van der Waals surface area (Å²) in [6.45, 7) is 1.77. The summed E-state index contributed by atoms with van der Waals surface area (Å²) in [6.07, 6.45) is 1.48. The Kier molecular flexibility index (Phi) is 9.11. The Balaban J connectivity index is 1.67. The molecule has 1 saturated heterocycles. The molecule has 0 radical (unpaired) electrons. The summed E-state index contributed by atoms with van der Waals surface area (Å²) in [5.41, 5.74) is 1.17. The maximum Gasteiger partial charge on any atom is 0.318 e. The number of nitrogens with zero attached hydrogens (tertiary/aromatic N) is 2. The van der Waals surface area contributed by atoms with E-state index in [9.17, 15) is 18.0 Å². The zero-order valence-electron chi connectivity index (χ0n) is 18.7. The Bertz CT molecular complexity index is 936. The normalized spacial score (nSPS) is 14.9. The van der Waals surface area contributed by atoms with Crippen molar-refractivity contribution >= 4 is 6.03 Å². The quantitative estimate of drug-likeness (QED) is 0.557. The smallest absolute Gasteiger partial charge is 0.318 e. The van der Waals surface area contributed by atoms with Crippen LogP contribution in [0, 0.1) is 17.5 Å². The molecular formula is C24H30F3N3O3. The number of carbonyl (C=O) groups is 1. The summed E-state index contributed by atoms with van der Waals surface area (Å²) in [5.74, 6) is -1.82. The molecule has 0 bridgehead atoms. The Morgan fingerprint density at radius 3 is 2.48 bits per heavy atom. The maximum absolute atomic E-state index is 14.3. The summed E-state index contributed by atoms with van der Waals surface area (Å²) in [5, 5.41) is 11.6. The fourth-order valence-corrected chi connectivity index (χ4v) is 3.85. The van der Waals surface area contributed by atoms with Crippen molar-refractivity contribution in [2.24, 2.45) is 0 Å². The second-order valence-corrected chi connectivity index (χ2v) is 8.26. The summed E-state index contributed by atoms with van der Waals surface area (Å²) in [7, 11) is 2.01. The maximum atomic E-state index is 14.3. The lowest BCUT2D eigenvalue weighted by Crippen LogP contribution is -2.49. The summed E-state index contributed by atoms with van der Waals surface area (Å²) >= 11 is 0. The minimum absolute atomic E-state index is 0.0157. The van der Waals surface area contributed by atoms with E-state index in [-0.39, 0.29) is 50.5 Å². The van der Waals surface area contributed by atoms with Gasteiger partial charge in [0.25, 0.3) is 0 Å². The highest BCUT2D eigenvalue weighted by molar-refractivity contribution is 5.74. The Morgan fingerprint density at radius 1 is 1.12 bits per heavy atom. The number of amides is 2. The van der Waals surface area contributed by atoms with Gasteiger partial charge in [0.05, 0.1) is 26.4 Å². The van der Waals surface area contributed by atoms with Gasteiger partial charge in [0.2, 0.25) is 0 Å². The SMILES string of the molecule is CN1CCC(N(Cc2ccc(F)cc2F)C(=O)NCc2ccc(COCCO)c(F)c2)CC1. The number of carbonyl (C=O) groups excluding carboxylic acids is 1. The van der Waals surface area contributed by atoms with Crippen LogP contribution in [0.1, 0.15) is 29.5 Å². The van der Waals surface area contributed by atoms with Crippen molar-refractivity contribution in [3.05, 3.63) is 70.5 Å². The van der Waals surface area contributed by atoms with E-state index in [1.165, 1.54) is 18.2 Å². The Hall–Kier alpha value is -2.62. The second-order valence-electron chi connectivity index (χ2n) is 8.26. The van der Waals surface area contributed by atoms with Gasteiger partial charge in [-0.25, -0.2) is 18.0 Å². The number of ether oxygens (including phenoxy) is 1. The van der Waals surface area contributed by atoms with Gasteiger partial charge in [-0.3, -0.25) is 0 Å². The number of aliphatic hydroxyl groups is 1. The van der Waals surface area contributed by atoms with Gasteiger partial charge in [-0.1, -0.05) is 18.2 Å². The molecule has 0 unspecified atom stereocenters. The standard InChI is InChI=1S/C24H30F3N3O3/c1-29-8-6-21(7-9-29)30(15-18-4-5-20(25)13-23(18)27)24(32)28-14-17-2-3-19(22(26)12-17)16-33-11-10-31/h2-5,12-13,21,31H,6-11,14-16H2,1H3,(H,28,32). The van der Waals surface area contributed by atoms with Gasteiger partial charge in [0.15, 0.2) is 0 Å². The number of halogens is 3. The van der Waals surface area contributed by atoms with Crippen LogP contribution < -0.4 is 5.32 Å². The summed E-state index contributed by atoms with van der Waals surface area (Å²) in [6, 6.07) is 7.48. The second kappa shape index (κ2) is 12.0. The average Bonchev–Trinajstić information content (AvgIpc) is 2.79. The van der Waals surface area contributed by atoms with Crippen molar-refractivity contribution in [1.29, 1.82) is 0 Å². The molecule has 0 atom stereocenters. The van der Waals surface area contributed by atoms with Gasteiger partial charge in [-0.05, 0) is 50.7 Å². The largest absolute Gasteiger partial charge is 0.394 e. The molecule has 6 nitrogen and oxygen atoms in total. The number of hydrogen-bond acceptors (Lipinski definition) is 4. The van der Waals surface area contributed by atoms with E-state index >= 15 is 0 Å². The van der Waals surface area contributed by atoms with E-state index in [1.54, 1.807) is 17.0 Å².